The fourth-order valence-electron chi connectivity index (χ4n) is 4.63. The van der Waals surface area contributed by atoms with Gasteiger partial charge in [0.2, 0.25) is 0 Å². The molecule has 3 nitrogen and oxygen atoms in total. The number of nitrogens with one attached hydrogen (secondary N) is 1. The molecule has 3 heteroatoms. The highest BCUT2D eigenvalue weighted by Crippen LogP contribution is 2.35. The third kappa shape index (κ3) is 4.07. The fourth-order valence-corrected chi connectivity index (χ4v) is 4.63. The normalized spacial score (nSPS) is 17.4. The van der Waals surface area contributed by atoms with E-state index in [-0.39, 0.29) is 0 Å². The summed E-state index contributed by atoms with van der Waals surface area (Å²) >= 11 is 0. The van der Waals surface area contributed by atoms with Gasteiger partial charge < -0.3 is 4.98 Å². The Morgan fingerprint density at radius 3 is 2.00 bits per heavy atom. The number of fused-ring (bicyclic) bond motifs is 2. The van der Waals surface area contributed by atoms with Crippen LogP contribution in [0.2, 0.25) is 0 Å². The van der Waals surface area contributed by atoms with Gasteiger partial charge in [-0.05, 0) is 61.7 Å². The zero-order valence-corrected chi connectivity index (χ0v) is 19.7. The molecule has 0 radical (unpaired) electrons. The maximum Gasteiger partial charge on any atom is 0.0790 e. The zero-order valence-electron chi connectivity index (χ0n) is 19.7. The Morgan fingerprint density at radius 2 is 1.39 bits per heavy atom. The van der Waals surface area contributed by atoms with Crippen molar-refractivity contribution in [2.45, 2.75) is 34.1 Å². The maximum absolute atomic E-state index is 5.13. The summed E-state index contributed by atoms with van der Waals surface area (Å²) in [6.07, 6.45) is 5.46. The predicted molar refractivity (Wildman–Crippen MR) is 142 cm³/mol. The number of allylic oxidation sites excluding steroid dienone is 4. The molecule has 1 aliphatic rings. The number of H-pyrrole nitrogens is 1. The molecule has 0 bridgehead atoms. The van der Waals surface area contributed by atoms with E-state index in [1.807, 2.05) is 0 Å². The molecule has 0 spiro atoms. The van der Waals surface area contributed by atoms with Crippen LogP contribution in [0.3, 0.4) is 0 Å². The average Bonchev–Trinajstić information content (AvgIpc) is 3.32. The van der Waals surface area contributed by atoms with Gasteiger partial charge in [0.15, 0.2) is 0 Å². The second-order valence-corrected chi connectivity index (χ2v) is 8.95. The Labute approximate surface area is 195 Å². The van der Waals surface area contributed by atoms with Crippen LogP contribution in [0.5, 0.6) is 0 Å². The van der Waals surface area contributed by atoms with E-state index in [0.717, 1.165) is 34.9 Å². The molecule has 1 N–H and O–H groups in total. The third-order valence-corrected chi connectivity index (χ3v) is 6.50. The summed E-state index contributed by atoms with van der Waals surface area (Å²) in [5.74, 6) is 0.447. The minimum atomic E-state index is 0.447. The van der Waals surface area contributed by atoms with Gasteiger partial charge in [0.25, 0.3) is 0 Å². The van der Waals surface area contributed by atoms with Crippen molar-refractivity contribution in [3.05, 3.63) is 102 Å². The first-order valence-corrected chi connectivity index (χ1v) is 11.6. The van der Waals surface area contributed by atoms with E-state index in [1.54, 1.807) is 0 Å². The zero-order chi connectivity index (χ0) is 22.9. The fraction of sp³-hybridized carbons (Fsp3) is 0.200. The smallest absolute Gasteiger partial charge is 0.0790 e. The van der Waals surface area contributed by atoms with E-state index in [1.165, 1.54) is 32.8 Å². The molecule has 1 aromatic heterocycles. The first-order chi connectivity index (χ1) is 16.0. The van der Waals surface area contributed by atoms with Crippen LogP contribution in [-0.2, 0) is 0 Å². The van der Waals surface area contributed by atoms with E-state index < -0.39 is 0 Å². The molecule has 0 aliphatic heterocycles. The number of rotatable bonds is 4. The SMILES string of the molecule is CC(=NC1=C(C)C=CCC1C)c1ccc(C(C)=Nc2c3ccccc3cc3ccccc23)[nH]1. The molecular formula is C30H29N3. The minimum absolute atomic E-state index is 0.447. The van der Waals surface area contributed by atoms with Crippen LogP contribution in [0.1, 0.15) is 45.5 Å². The van der Waals surface area contributed by atoms with Gasteiger partial charge in [-0.1, -0.05) is 67.6 Å². The Balaban J connectivity index is 1.55. The lowest BCUT2D eigenvalue weighted by Gasteiger charge is -2.17. The van der Waals surface area contributed by atoms with E-state index in [4.69, 9.17) is 9.98 Å². The van der Waals surface area contributed by atoms with Crippen LogP contribution in [0.25, 0.3) is 21.5 Å². The van der Waals surface area contributed by atoms with Crippen molar-refractivity contribution >= 4 is 38.7 Å². The van der Waals surface area contributed by atoms with Crippen molar-refractivity contribution in [1.29, 1.82) is 0 Å². The van der Waals surface area contributed by atoms with E-state index in [9.17, 15) is 0 Å². The summed E-state index contributed by atoms with van der Waals surface area (Å²) in [4.78, 5) is 13.7. The predicted octanol–water partition coefficient (Wildman–Crippen LogP) is 8.14. The van der Waals surface area contributed by atoms with Gasteiger partial charge >= 0.3 is 0 Å². The maximum atomic E-state index is 5.13. The lowest BCUT2D eigenvalue weighted by Crippen LogP contribution is -2.06. The molecule has 0 fully saturated rings. The molecular weight excluding hydrogens is 402 g/mol. The first-order valence-electron chi connectivity index (χ1n) is 11.6. The molecule has 1 heterocycles. The topological polar surface area (TPSA) is 40.5 Å². The molecule has 164 valence electrons. The molecule has 3 aromatic carbocycles. The standard InChI is InChI=1S/C30H29N3/c1-19-10-9-11-20(2)29(19)31-21(3)27-16-17-28(33-27)22(4)32-30-25-14-7-5-12-23(25)18-24-13-6-8-15-26(24)30/h5-10,12-18,20,33H,11H2,1-4H3. The number of hydrogen-bond acceptors (Lipinski definition) is 2. The molecule has 33 heavy (non-hydrogen) atoms. The van der Waals surface area contributed by atoms with Gasteiger partial charge in [0, 0.05) is 22.4 Å². The van der Waals surface area contributed by atoms with Gasteiger partial charge in [-0.15, -0.1) is 0 Å². The summed E-state index contributed by atoms with van der Waals surface area (Å²) in [6, 6.07) is 23.4. The molecule has 0 amide bonds. The summed E-state index contributed by atoms with van der Waals surface area (Å²) in [6.45, 7) is 8.53. The monoisotopic (exact) mass is 431 g/mol. The molecule has 1 aliphatic carbocycles. The van der Waals surface area contributed by atoms with Gasteiger partial charge in [0.1, 0.15) is 0 Å². The summed E-state index contributed by atoms with van der Waals surface area (Å²) < 4.78 is 0. The van der Waals surface area contributed by atoms with Crippen LogP contribution in [0.15, 0.2) is 100 Å². The van der Waals surface area contributed by atoms with E-state index in [0.29, 0.717) is 5.92 Å². The number of benzene rings is 3. The number of aliphatic imine (C=N–C) groups is 2. The minimum Gasteiger partial charge on any atom is -0.353 e. The van der Waals surface area contributed by atoms with Gasteiger partial charge in [-0.3, -0.25) is 9.98 Å². The molecule has 5 rings (SSSR count). The van der Waals surface area contributed by atoms with Crippen LogP contribution in [0, 0.1) is 5.92 Å². The summed E-state index contributed by atoms with van der Waals surface area (Å²) in [7, 11) is 0. The summed E-state index contributed by atoms with van der Waals surface area (Å²) in [5.41, 5.74) is 7.45. The largest absolute Gasteiger partial charge is 0.353 e. The Morgan fingerprint density at radius 1 is 0.818 bits per heavy atom. The average molecular weight is 432 g/mol. The Hall–Kier alpha value is -3.72. The van der Waals surface area contributed by atoms with Gasteiger partial charge in [-0.25, -0.2) is 0 Å². The highest BCUT2D eigenvalue weighted by molar-refractivity contribution is 6.13. The third-order valence-electron chi connectivity index (χ3n) is 6.50. The highest BCUT2D eigenvalue weighted by Gasteiger charge is 2.14. The van der Waals surface area contributed by atoms with Gasteiger partial charge in [-0.2, -0.15) is 0 Å². The van der Waals surface area contributed by atoms with Crippen LogP contribution < -0.4 is 0 Å². The number of hydrogen-bond donors (Lipinski definition) is 1. The molecule has 4 aromatic rings. The lowest BCUT2D eigenvalue weighted by molar-refractivity contribution is 0.669. The molecule has 1 atom stereocenters. The second-order valence-electron chi connectivity index (χ2n) is 8.95. The van der Waals surface area contributed by atoms with E-state index >= 15 is 0 Å². The molecule has 0 saturated heterocycles. The highest BCUT2D eigenvalue weighted by atomic mass is 14.9. The van der Waals surface area contributed by atoms with Crippen molar-refractivity contribution in [2.75, 3.05) is 0 Å². The number of nitrogens with zero attached hydrogens (tertiary/aromatic N) is 2. The molecule has 0 saturated carbocycles. The van der Waals surface area contributed by atoms with Crippen molar-refractivity contribution in [1.82, 2.24) is 4.98 Å². The van der Waals surface area contributed by atoms with Crippen molar-refractivity contribution in [3.63, 3.8) is 0 Å². The van der Waals surface area contributed by atoms with Crippen LogP contribution in [0.4, 0.5) is 5.69 Å². The second kappa shape index (κ2) is 8.67. The van der Waals surface area contributed by atoms with Crippen molar-refractivity contribution < 1.29 is 0 Å². The Kier molecular flexibility index (Phi) is 5.55. The summed E-state index contributed by atoms with van der Waals surface area (Å²) in [5, 5.41) is 4.75. The van der Waals surface area contributed by atoms with Crippen LogP contribution in [-0.4, -0.2) is 16.4 Å². The van der Waals surface area contributed by atoms with Crippen molar-refractivity contribution in [2.24, 2.45) is 15.9 Å². The van der Waals surface area contributed by atoms with Crippen molar-refractivity contribution in [3.8, 4) is 0 Å². The quantitative estimate of drug-likeness (QED) is 0.250. The van der Waals surface area contributed by atoms with Crippen LogP contribution >= 0.6 is 0 Å². The van der Waals surface area contributed by atoms with E-state index in [2.05, 4.69) is 112 Å². The number of aromatic amines is 1. The Bertz CT molecular complexity index is 1420. The van der Waals surface area contributed by atoms with Gasteiger partial charge in [0.05, 0.1) is 28.5 Å². The first kappa shape index (κ1) is 21.1. The molecule has 1 unspecified atom stereocenters. The lowest BCUT2D eigenvalue weighted by atomic mass is 9.94. The number of aromatic nitrogens is 1.